The predicted molar refractivity (Wildman–Crippen MR) is 103 cm³/mol. The molecule has 0 radical (unpaired) electrons. The van der Waals surface area contributed by atoms with Crippen LogP contribution in [0.3, 0.4) is 0 Å². The Balaban J connectivity index is 2.46. The van der Waals surface area contributed by atoms with Gasteiger partial charge in [-0.1, -0.05) is 60.7 Å². The molecule has 3 rings (SSSR count). The smallest absolute Gasteiger partial charge is 0.191 e. The first-order chi connectivity index (χ1) is 14.1. The van der Waals surface area contributed by atoms with Gasteiger partial charge in [0.25, 0.3) is 0 Å². The molecule has 1 N–H and O–H groups in total. The minimum Gasteiger partial charge on any atom is -0.305 e. The van der Waals surface area contributed by atoms with Crippen LogP contribution in [0, 0.1) is 78.8 Å². The molecule has 6 nitrogen and oxygen atoms in total. The van der Waals surface area contributed by atoms with E-state index in [1.807, 2.05) is 18.2 Å². The van der Waals surface area contributed by atoms with Crippen LogP contribution in [0.5, 0.6) is 0 Å². The van der Waals surface area contributed by atoms with Crippen LogP contribution < -0.4 is 0 Å². The van der Waals surface area contributed by atoms with Gasteiger partial charge >= 0.3 is 0 Å². The topological polar surface area (TPSA) is 143 Å². The van der Waals surface area contributed by atoms with Crippen molar-refractivity contribution in [2.75, 3.05) is 0 Å². The van der Waals surface area contributed by atoms with Crippen LogP contribution >= 0.6 is 0 Å². The van der Waals surface area contributed by atoms with Crippen molar-refractivity contribution in [2.45, 2.75) is 11.8 Å². The number of rotatable bonds is 2. The average molecular weight is 374 g/mol. The highest BCUT2D eigenvalue weighted by Gasteiger charge is 2.67. The Labute approximate surface area is 168 Å². The number of nitrogens with zero attached hydrogens (tertiary/aromatic N) is 5. The van der Waals surface area contributed by atoms with Gasteiger partial charge in [-0.25, -0.2) is 0 Å². The third-order valence-corrected chi connectivity index (χ3v) is 5.60. The molecule has 0 aromatic heterocycles. The SMILES string of the molecule is N#C[C@@H]1C(=N)C(C#N)(C#N)[C@@H](c2ccccc2)C(C#N)(C#N)[C@@H]1c1ccccc1. The van der Waals surface area contributed by atoms with Crippen molar-refractivity contribution in [3.05, 3.63) is 71.8 Å². The Morgan fingerprint density at radius 3 is 1.59 bits per heavy atom. The number of hydrogen-bond donors (Lipinski definition) is 1. The summed E-state index contributed by atoms with van der Waals surface area (Å²) < 4.78 is 0. The zero-order valence-corrected chi connectivity index (χ0v) is 15.2. The Bertz CT molecular complexity index is 1120. The molecule has 29 heavy (non-hydrogen) atoms. The highest BCUT2D eigenvalue weighted by molar-refractivity contribution is 6.00. The minimum atomic E-state index is -2.11. The molecule has 0 spiro atoms. The van der Waals surface area contributed by atoms with Gasteiger partial charge in [-0.05, 0) is 11.1 Å². The molecule has 0 amide bonds. The fourth-order valence-corrected chi connectivity index (χ4v) is 4.33. The van der Waals surface area contributed by atoms with E-state index < -0.39 is 28.6 Å². The molecule has 2 aromatic carbocycles. The third-order valence-electron chi connectivity index (χ3n) is 5.60. The lowest BCUT2D eigenvalue weighted by molar-refractivity contribution is 0.229. The fourth-order valence-electron chi connectivity index (χ4n) is 4.33. The largest absolute Gasteiger partial charge is 0.305 e. The van der Waals surface area contributed by atoms with Crippen molar-refractivity contribution in [3.63, 3.8) is 0 Å². The molecular formula is C23H14N6. The van der Waals surface area contributed by atoms with Gasteiger partial charge in [0.1, 0.15) is 0 Å². The van der Waals surface area contributed by atoms with Crippen molar-refractivity contribution in [1.29, 1.82) is 31.7 Å². The summed E-state index contributed by atoms with van der Waals surface area (Å²) in [4.78, 5) is 0. The molecule has 0 heterocycles. The summed E-state index contributed by atoms with van der Waals surface area (Å²) in [5.41, 5.74) is -3.43. The van der Waals surface area contributed by atoms with Crippen LogP contribution in [0.25, 0.3) is 0 Å². The lowest BCUT2D eigenvalue weighted by atomic mass is 9.46. The third kappa shape index (κ3) is 2.55. The molecule has 0 saturated heterocycles. The van der Waals surface area contributed by atoms with Crippen LogP contribution in [-0.2, 0) is 0 Å². The summed E-state index contributed by atoms with van der Waals surface area (Å²) in [6.45, 7) is 0. The van der Waals surface area contributed by atoms with Gasteiger partial charge in [0.2, 0.25) is 0 Å². The zero-order chi connectivity index (χ0) is 21.1. The second-order valence-corrected chi connectivity index (χ2v) is 6.88. The van der Waals surface area contributed by atoms with Crippen LogP contribution in [-0.4, -0.2) is 5.71 Å². The van der Waals surface area contributed by atoms with Gasteiger partial charge in [0, 0.05) is 5.92 Å². The quantitative estimate of drug-likeness (QED) is 0.850. The predicted octanol–water partition coefficient (Wildman–Crippen LogP) is 3.79. The molecule has 1 fully saturated rings. The van der Waals surface area contributed by atoms with E-state index in [2.05, 4.69) is 12.1 Å². The van der Waals surface area contributed by atoms with E-state index >= 15 is 0 Å². The zero-order valence-electron chi connectivity index (χ0n) is 15.2. The van der Waals surface area contributed by atoms with Gasteiger partial charge in [-0.2, -0.15) is 26.3 Å². The first-order valence-corrected chi connectivity index (χ1v) is 8.79. The molecule has 0 unspecified atom stereocenters. The standard InChI is InChI=1S/C23H14N6/c24-11-18-19(16-7-3-1-4-8-16)22(12-25,13-26)20(17-9-5-2-6-10-17)23(14-27,15-28)21(18)29/h1-10,18-20,29H/t18-,19+,20-/m0/s1. The second kappa shape index (κ2) is 7.29. The van der Waals surface area contributed by atoms with Crippen LogP contribution in [0.1, 0.15) is 23.0 Å². The fraction of sp³-hybridized carbons (Fsp3) is 0.217. The molecule has 0 bridgehead atoms. The maximum Gasteiger partial charge on any atom is 0.191 e. The van der Waals surface area contributed by atoms with E-state index in [0.29, 0.717) is 11.1 Å². The first-order valence-electron chi connectivity index (χ1n) is 8.79. The Morgan fingerprint density at radius 2 is 1.17 bits per heavy atom. The number of benzene rings is 2. The Morgan fingerprint density at radius 1 is 0.690 bits per heavy atom. The number of hydrogen-bond acceptors (Lipinski definition) is 6. The van der Waals surface area contributed by atoms with E-state index in [9.17, 15) is 26.3 Å². The van der Waals surface area contributed by atoms with E-state index in [4.69, 9.17) is 5.41 Å². The summed E-state index contributed by atoms with van der Waals surface area (Å²) >= 11 is 0. The Hall–Kier alpha value is -4.44. The maximum absolute atomic E-state index is 10.3. The van der Waals surface area contributed by atoms with Gasteiger partial charge in [-0.3, -0.25) is 0 Å². The normalized spacial score (nSPS) is 24.0. The molecule has 0 aliphatic heterocycles. The molecule has 1 aliphatic rings. The lowest BCUT2D eigenvalue weighted by Gasteiger charge is -2.48. The highest BCUT2D eigenvalue weighted by atomic mass is 14.7. The number of nitrogens with one attached hydrogen (secondary N) is 1. The monoisotopic (exact) mass is 374 g/mol. The maximum atomic E-state index is 10.3. The summed E-state index contributed by atoms with van der Waals surface area (Å²) in [5.74, 6) is -3.48. The van der Waals surface area contributed by atoms with Crippen LogP contribution in [0.4, 0.5) is 0 Å². The summed E-state index contributed by atoms with van der Waals surface area (Å²) in [5, 5.41) is 59.0. The first kappa shape index (κ1) is 19.3. The average Bonchev–Trinajstić information content (AvgIpc) is 2.79. The molecule has 6 heteroatoms. The van der Waals surface area contributed by atoms with Gasteiger partial charge in [0.05, 0.1) is 47.9 Å². The molecule has 2 aromatic rings. The van der Waals surface area contributed by atoms with Crippen LogP contribution in [0.2, 0.25) is 0 Å². The number of nitriles is 5. The second-order valence-electron chi connectivity index (χ2n) is 6.88. The minimum absolute atomic E-state index is 0.381. The van der Waals surface area contributed by atoms with Gasteiger partial charge < -0.3 is 5.41 Å². The highest BCUT2D eigenvalue weighted by Crippen LogP contribution is 2.61. The molecule has 3 atom stereocenters. The molecule has 136 valence electrons. The van der Waals surface area contributed by atoms with Crippen LogP contribution in [0.15, 0.2) is 60.7 Å². The van der Waals surface area contributed by atoms with Crippen molar-refractivity contribution >= 4 is 5.71 Å². The molecule has 1 aliphatic carbocycles. The summed E-state index contributed by atoms with van der Waals surface area (Å²) in [6.07, 6.45) is 0. The van der Waals surface area contributed by atoms with Gasteiger partial charge in [0.15, 0.2) is 10.8 Å². The molecular weight excluding hydrogens is 360 g/mol. The van der Waals surface area contributed by atoms with E-state index in [1.54, 1.807) is 60.7 Å². The van der Waals surface area contributed by atoms with Gasteiger partial charge in [-0.15, -0.1) is 0 Å². The summed E-state index contributed by atoms with van der Waals surface area (Å²) in [7, 11) is 0. The van der Waals surface area contributed by atoms with E-state index in [-0.39, 0.29) is 5.71 Å². The van der Waals surface area contributed by atoms with Crippen molar-refractivity contribution < 1.29 is 0 Å². The van der Waals surface area contributed by atoms with Crippen molar-refractivity contribution in [3.8, 4) is 30.3 Å². The summed E-state index contributed by atoms with van der Waals surface area (Å²) in [6, 6.07) is 26.9. The van der Waals surface area contributed by atoms with E-state index in [0.717, 1.165) is 0 Å². The van der Waals surface area contributed by atoms with E-state index in [1.165, 1.54) is 0 Å². The van der Waals surface area contributed by atoms with Crippen molar-refractivity contribution in [2.24, 2.45) is 16.7 Å². The molecule has 1 saturated carbocycles. The lowest BCUT2D eigenvalue weighted by Crippen LogP contribution is -2.55. The Kier molecular flexibility index (Phi) is 4.86. The van der Waals surface area contributed by atoms with Crippen molar-refractivity contribution in [1.82, 2.24) is 0 Å².